The van der Waals surface area contributed by atoms with E-state index < -0.39 is 15.9 Å². The molecule has 150 valence electrons. The maximum Gasteiger partial charge on any atom is 0.228 e. The summed E-state index contributed by atoms with van der Waals surface area (Å²) in [5.74, 6) is -0.962. The molecule has 28 heavy (non-hydrogen) atoms. The van der Waals surface area contributed by atoms with Crippen molar-refractivity contribution in [3.8, 4) is 0 Å². The number of amides is 1. The molecule has 1 aliphatic rings. The lowest BCUT2D eigenvalue weighted by Crippen LogP contribution is -2.44. The smallest absolute Gasteiger partial charge is 0.228 e. The molecular formula is C19H19Cl3N2O3S. The van der Waals surface area contributed by atoms with Crippen molar-refractivity contribution in [3.05, 3.63) is 63.1 Å². The fourth-order valence-electron chi connectivity index (χ4n) is 3.16. The summed E-state index contributed by atoms with van der Waals surface area (Å²) < 4.78 is 27.1. The largest absolute Gasteiger partial charge is 0.326 e. The zero-order chi connectivity index (χ0) is 20.3. The minimum Gasteiger partial charge on any atom is -0.326 e. The van der Waals surface area contributed by atoms with Gasteiger partial charge in [0.05, 0.1) is 11.7 Å². The summed E-state index contributed by atoms with van der Waals surface area (Å²) in [4.78, 5) is 12.6. The van der Waals surface area contributed by atoms with Crippen molar-refractivity contribution in [2.75, 3.05) is 18.4 Å². The predicted octanol–water partition coefficient (Wildman–Crippen LogP) is 4.83. The second-order valence-corrected chi connectivity index (χ2v) is 9.87. The van der Waals surface area contributed by atoms with Gasteiger partial charge in [0.15, 0.2) is 0 Å². The molecule has 1 N–H and O–H groups in total. The van der Waals surface area contributed by atoms with Crippen LogP contribution in [0.1, 0.15) is 18.4 Å². The van der Waals surface area contributed by atoms with Gasteiger partial charge in [-0.05, 0) is 43.2 Å². The van der Waals surface area contributed by atoms with Gasteiger partial charge < -0.3 is 5.32 Å². The third-order valence-corrected chi connectivity index (χ3v) is 7.34. The van der Waals surface area contributed by atoms with Gasteiger partial charge in [-0.25, -0.2) is 12.7 Å². The van der Waals surface area contributed by atoms with Gasteiger partial charge in [-0.15, -0.1) is 0 Å². The predicted molar refractivity (Wildman–Crippen MR) is 113 cm³/mol. The van der Waals surface area contributed by atoms with Crippen LogP contribution in [0.3, 0.4) is 0 Å². The molecule has 1 atom stereocenters. The zero-order valence-corrected chi connectivity index (χ0v) is 18.0. The standard InChI is InChI=1S/C19H19Cl3N2O3S/c20-14-5-1-6-15(10-14)23-19(25)13-4-3-9-24(11-13)28(26,27)12-16-17(21)7-2-8-18(16)22/h1-2,5-8,10,13H,3-4,9,11-12H2,(H,23,25). The molecule has 0 radical (unpaired) electrons. The molecule has 2 aromatic rings. The molecule has 0 aliphatic carbocycles. The summed E-state index contributed by atoms with van der Waals surface area (Å²) in [6.07, 6.45) is 1.22. The van der Waals surface area contributed by atoms with E-state index in [9.17, 15) is 13.2 Å². The van der Waals surface area contributed by atoms with E-state index in [0.717, 1.165) is 0 Å². The molecule has 1 amide bonds. The number of hydrogen-bond acceptors (Lipinski definition) is 3. The fourth-order valence-corrected chi connectivity index (χ4v) is 5.72. The Labute approximate surface area is 179 Å². The topological polar surface area (TPSA) is 66.5 Å². The molecule has 0 aromatic heterocycles. The van der Waals surface area contributed by atoms with Crippen LogP contribution in [0.5, 0.6) is 0 Å². The number of hydrogen-bond donors (Lipinski definition) is 1. The maximum atomic E-state index is 12.9. The molecule has 3 rings (SSSR count). The molecule has 0 spiro atoms. The van der Waals surface area contributed by atoms with Crippen molar-refractivity contribution in [1.82, 2.24) is 4.31 Å². The summed E-state index contributed by atoms with van der Waals surface area (Å²) >= 11 is 18.2. The van der Waals surface area contributed by atoms with E-state index in [2.05, 4.69) is 5.32 Å². The first-order valence-corrected chi connectivity index (χ1v) is 11.5. The normalized spacial score (nSPS) is 18.0. The highest BCUT2D eigenvalue weighted by molar-refractivity contribution is 7.88. The number of anilines is 1. The third-order valence-electron chi connectivity index (χ3n) is 4.63. The second-order valence-electron chi connectivity index (χ2n) is 6.65. The Bertz CT molecular complexity index is 962. The van der Waals surface area contributed by atoms with Crippen molar-refractivity contribution < 1.29 is 13.2 Å². The van der Waals surface area contributed by atoms with E-state index >= 15 is 0 Å². The van der Waals surface area contributed by atoms with Crippen LogP contribution in [0.2, 0.25) is 15.1 Å². The van der Waals surface area contributed by atoms with Gasteiger partial charge in [0.1, 0.15) is 0 Å². The van der Waals surface area contributed by atoms with Crippen LogP contribution < -0.4 is 5.32 Å². The number of nitrogens with zero attached hydrogens (tertiary/aromatic N) is 1. The number of benzene rings is 2. The molecular weight excluding hydrogens is 443 g/mol. The van der Waals surface area contributed by atoms with Gasteiger partial charge in [-0.3, -0.25) is 4.79 Å². The molecule has 0 saturated carbocycles. The van der Waals surface area contributed by atoms with Crippen LogP contribution in [0.4, 0.5) is 5.69 Å². The minimum atomic E-state index is -3.66. The Morgan fingerprint density at radius 2 is 1.79 bits per heavy atom. The highest BCUT2D eigenvalue weighted by Gasteiger charge is 2.33. The first kappa shape index (κ1) is 21.4. The number of halogens is 3. The van der Waals surface area contributed by atoms with E-state index in [0.29, 0.717) is 45.7 Å². The third kappa shape index (κ3) is 5.19. The van der Waals surface area contributed by atoms with Crippen LogP contribution in [-0.2, 0) is 20.6 Å². The first-order valence-electron chi connectivity index (χ1n) is 8.73. The first-order chi connectivity index (χ1) is 13.3. The quantitative estimate of drug-likeness (QED) is 0.693. The molecule has 1 fully saturated rings. The molecule has 2 aromatic carbocycles. The summed E-state index contributed by atoms with van der Waals surface area (Å²) in [5.41, 5.74) is 0.955. The Balaban J connectivity index is 1.70. The van der Waals surface area contributed by atoms with E-state index in [1.54, 1.807) is 42.5 Å². The second kappa shape index (κ2) is 9.01. The Hall–Kier alpha value is -1.31. The van der Waals surface area contributed by atoms with E-state index in [1.807, 2.05) is 0 Å². The Morgan fingerprint density at radius 3 is 2.46 bits per heavy atom. The van der Waals surface area contributed by atoms with Crippen molar-refractivity contribution in [1.29, 1.82) is 0 Å². The number of piperidine rings is 1. The SMILES string of the molecule is O=C(Nc1cccc(Cl)c1)C1CCCN(S(=O)(=O)Cc2c(Cl)cccc2Cl)C1. The van der Waals surface area contributed by atoms with Gasteiger partial charge >= 0.3 is 0 Å². The van der Waals surface area contributed by atoms with Gasteiger partial charge in [0, 0.05) is 39.4 Å². The molecule has 5 nitrogen and oxygen atoms in total. The number of nitrogens with one attached hydrogen (secondary N) is 1. The summed E-state index contributed by atoms with van der Waals surface area (Å²) in [7, 11) is -3.66. The van der Waals surface area contributed by atoms with E-state index in [-0.39, 0.29) is 18.2 Å². The number of sulfonamides is 1. The number of rotatable bonds is 5. The van der Waals surface area contributed by atoms with Gasteiger partial charge in [0.2, 0.25) is 15.9 Å². The number of carbonyl (C=O) groups excluding carboxylic acids is 1. The van der Waals surface area contributed by atoms with Crippen molar-refractivity contribution in [3.63, 3.8) is 0 Å². The van der Waals surface area contributed by atoms with E-state index in [4.69, 9.17) is 34.8 Å². The van der Waals surface area contributed by atoms with Crippen LogP contribution in [-0.4, -0.2) is 31.7 Å². The highest BCUT2D eigenvalue weighted by atomic mass is 35.5. The highest BCUT2D eigenvalue weighted by Crippen LogP contribution is 2.29. The Kier molecular flexibility index (Phi) is 6.89. The van der Waals surface area contributed by atoms with Crippen LogP contribution in [0.15, 0.2) is 42.5 Å². The fraction of sp³-hybridized carbons (Fsp3) is 0.316. The lowest BCUT2D eigenvalue weighted by atomic mass is 9.99. The van der Waals surface area contributed by atoms with E-state index in [1.165, 1.54) is 4.31 Å². The van der Waals surface area contributed by atoms with Gasteiger partial charge in [-0.2, -0.15) is 0 Å². The molecule has 1 saturated heterocycles. The molecule has 1 heterocycles. The molecule has 9 heteroatoms. The van der Waals surface area contributed by atoms with Gasteiger partial charge in [-0.1, -0.05) is 46.9 Å². The molecule has 1 unspecified atom stereocenters. The van der Waals surface area contributed by atoms with Gasteiger partial charge in [0.25, 0.3) is 0 Å². The van der Waals surface area contributed by atoms with Crippen molar-refractivity contribution in [2.45, 2.75) is 18.6 Å². The van der Waals surface area contributed by atoms with Crippen molar-refractivity contribution in [2.24, 2.45) is 5.92 Å². The van der Waals surface area contributed by atoms with Crippen molar-refractivity contribution >= 4 is 56.4 Å². The van der Waals surface area contributed by atoms with Crippen LogP contribution in [0, 0.1) is 5.92 Å². The molecule has 1 aliphatic heterocycles. The maximum absolute atomic E-state index is 12.9. The summed E-state index contributed by atoms with van der Waals surface area (Å²) in [6, 6.07) is 11.7. The molecule has 0 bridgehead atoms. The lowest BCUT2D eigenvalue weighted by molar-refractivity contribution is -0.120. The average molecular weight is 462 g/mol. The van der Waals surface area contributed by atoms with Crippen LogP contribution >= 0.6 is 34.8 Å². The average Bonchev–Trinajstić information content (AvgIpc) is 2.65. The zero-order valence-electron chi connectivity index (χ0n) is 14.9. The summed E-state index contributed by atoms with van der Waals surface area (Å²) in [5, 5.41) is 3.94. The van der Waals surface area contributed by atoms with Crippen LogP contribution in [0.25, 0.3) is 0 Å². The summed E-state index contributed by atoms with van der Waals surface area (Å²) in [6.45, 7) is 0.488. The Morgan fingerprint density at radius 1 is 1.11 bits per heavy atom. The number of carbonyl (C=O) groups is 1. The minimum absolute atomic E-state index is 0.122. The lowest BCUT2D eigenvalue weighted by Gasteiger charge is -2.31. The monoisotopic (exact) mass is 460 g/mol.